The molecule has 0 rings (SSSR count). The van der Waals surface area contributed by atoms with Gasteiger partial charge >= 0.3 is 0 Å². The van der Waals surface area contributed by atoms with E-state index < -0.39 is 0 Å². The van der Waals surface area contributed by atoms with Gasteiger partial charge < -0.3 is 14.2 Å². The smallest absolute Gasteiger partial charge is 0.0898 e. The van der Waals surface area contributed by atoms with Crippen molar-refractivity contribution in [2.45, 2.75) is 40.5 Å². The third kappa shape index (κ3) is 13.3. The third-order valence-electron chi connectivity index (χ3n) is 2.97. The molecule has 0 aliphatic rings. The van der Waals surface area contributed by atoms with Crippen LogP contribution in [0.4, 0.5) is 0 Å². The van der Waals surface area contributed by atoms with Gasteiger partial charge in [-0.2, -0.15) is 0 Å². The number of hydrogen-bond donors (Lipinski definition) is 0. The van der Waals surface area contributed by atoms with E-state index in [2.05, 4.69) is 27.7 Å². The van der Waals surface area contributed by atoms with Gasteiger partial charge in [0.15, 0.2) is 0 Å². The van der Waals surface area contributed by atoms with Gasteiger partial charge in [-0.1, -0.05) is 40.5 Å². The van der Waals surface area contributed by atoms with E-state index in [0.717, 1.165) is 26.1 Å². The fraction of sp³-hybridized carbons (Fsp3) is 0.750. The fourth-order valence-electron chi connectivity index (χ4n) is 1.09. The minimum atomic E-state index is 0.566. The van der Waals surface area contributed by atoms with Gasteiger partial charge in [-0.15, -0.1) is 0 Å². The van der Waals surface area contributed by atoms with Crippen LogP contribution in [0.25, 0.3) is 0 Å². The lowest BCUT2D eigenvalue weighted by Crippen LogP contribution is -2.01. The van der Waals surface area contributed by atoms with Crippen LogP contribution in [-0.4, -0.2) is 26.4 Å². The molecule has 2 atom stereocenters. The summed E-state index contributed by atoms with van der Waals surface area (Å²) in [5.74, 6) is 1.22. The lowest BCUT2D eigenvalue weighted by Gasteiger charge is -2.07. The molecular formula is C16H30O3. The zero-order valence-corrected chi connectivity index (χ0v) is 12.9. The minimum Gasteiger partial charge on any atom is -0.501 e. The molecule has 0 saturated carbocycles. The Hall–Kier alpha value is -0.960. The molecule has 0 saturated heterocycles. The Labute approximate surface area is 118 Å². The molecule has 0 aromatic rings. The minimum absolute atomic E-state index is 0.566. The van der Waals surface area contributed by atoms with E-state index in [1.807, 2.05) is 12.2 Å². The van der Waals surface area contributed by atoms with Crippen LogP contribution in [-0.2, 0) is 14.2 Å². The first kappa shape index (κ1) is 18.0. The van der Waals surface area contributed by atoms with Crippen molar-refractivity contribution in [2.24, 2.45) is 11.8 Å². The SMILES string of the molecule is CCC(C)COC=CCOCC=COCC(C)CC. The molecule has 0 aliphatic carbocycles. The van der Waals surface area contributed by atoms with Crippen molar-refractivity contribution < 1.29 is 14.2 Å². The van der Waals surface area contributed by atoms with Crippen molar-refractivity contribution in [1.82, 2.24) is 0 Å². The molecule has 2 unspecified atom stereocenters. The highest BCUT2D eigenvalue weighted by atomic mass is 16.5. The van der Waals surface area contributed by atoms with Gasteiger partial charge in [0, 0.05) is 0 Å². The lowest BCUT2D eigenvalue weighted by molar-refractivity contribution is 0.171. The average Bonchev–Trinajstić information content (AvgIpc) is 2.43. The Bertz CT molecular complexity index is 212. The predicted molar refractivity (Wildman–Crippen MR) is 79.9 cm³/mol. The third-order valence-corrected chi connectivity index (χ3v) is 2.97. The lowest BCUT2D eigenvalue weighted by atomic mass is 10.1. The van der Waals surface area contributed by atoms with E-state index >= 15 is 0 Å². The molecule has 0 amide bonds. The molecule has 0 aromatic carbocycles. The summed E-state index contributed by atoms with van der Waals surface area (Å²) in [6.45, 7) is 11.4. The Morgan fingerprint density at radius 2 is 1.21 bits per heavy atom. The monoisotopic (exact) mass is 270 g/mol. The first-order chi connectivity index (χ1) is 9.20. The van der Waals surface area contributed by atoms with E-state index in [9.17, 15) is 0 Å². The molecule has 0 fully saturated rings. The maximum absolute atomic E-state index is 5.37. The van der Waals surface area contributed by atoms with Crippen LogP contribution in [0.15, 0.2) is 24.7 Å². The average molecular weight is 270 g/mol. The molecule has 0 bridgehead atoms. The van der Waals surface area contributed by atoms with E-state index in [-0.39, 0.29) is 0 Å². The summed E-state index contributed by atoms with van der Waals surface area (Å²) in [5.41, 5.74) is 0. The topological polar surface area (TPSA) is 27.7 Å². The Morgan fingerprint density at radius 3 is 1.58 bits per heavy atom. The molecule has 0 N–H and O–H groups in total. The molecule has 0 radical (unpaired) electrons. The molecule has 0 heterocycles. The standard InChI is InChI=1S/C16H30O3/c1-5-15(3)13-18-11-7-9-17-10-8-12-19-14-16(4)6-2/h7-8,11-12,15-16H,5-6,9-10,13-14H2,1-4H3. The molecule has 0 aromatic heterocycles. The molecule has 0 spiro atoms. The largest absolute Gasteiger partial charge is 0.501 e. The van der Waals surface area contributed by atoms with E-state index in [1.54, 1.807) is 12.5 Å². The second-order valence-electron chi connectivity index (χ2n) is 4.97. The molecular weight excluding hydrogens is 240 g/mol. The Morgan fingerprint density at radius 1 is 0.789 bits per heavy atom. The summed E-state index contributed by atoms with van der Waals surface area (Å²) in [7, 11) is 0. The summed E-state index contributed by atoms with van der Waals surface area (Å²) >= 11 is 0. The zero-order chi connectivity index (χ0) is 14.3. The van der Waals surface area contributed by atoms with Crippen LogP contribution in [0.1, 0.15) is 40.5 Å². The molecule has 0 aliphatic heterocycles. The summed E-state index contributed by atoms with van der Waals surface area (Å²) in [4.78, 5) is 0. The molecule has 19 heavy (non-hydrogen) atoms. The van der Waals surface area contributed by atoms with E-state index in [1.165, 1.54) is 0 Å². The van der Waals surface area contributed by atoms with Gasteiger partial charge in [0.2, 0.25) is 0 Å². The van der Waals surface area contributed by atoms with Crippen molar-refractivity contribution in [3.8, 4) is 0 Å². The Balaban J connectivity index is 3.30. The van der Waals surface area contributed by atoms with Gasteiger partial charge in [-0.05, 0) is 24.0 Å². The highest BCUT2D eigenvalue weighted by Gasteiger charge is 1.96. The maximum atomic E-state index is 5.37. The number of hydrogen-bond acceptors (Lipinski definition) is 3. The van der Waals surface area contributed by atoms with E-state index in [0.29, 0.717) is 25.0 Å². The van der Waals surface area contributed by atoms with Crippen LogP contribution < -0.4 is 0 Å². The molecule has 112 valence electrons. The van der Waals surface area contributed by atoms with Gasteiger partial charge in [-0.3, -0.25) is 0 Å². The predicted octanol–water partition coefficient (Wildman–Crippen LogP) is 4.16. The van der Waals surface area contributed by atoms with E-state index in [4.69, 9.17) is 14.2 Å². The number of rotatable bonds is 12. The maximum Gasteiger partial charge on any atom is 0.0898 e. The van der Waals surface area contributed by atoms with Crippen LogP contribution in [0, 0.1) is 11.8 Å². The van der Waals surface area contributed by atoms with Gasteiger partial charge in [0.1, 0.15) is 0 Å². The van der Waals surface area contributed by atoms with Crippen LogP contribution in [0.2, 0.25) is 0 Å². The zero-order valence-electron chi connectivity index (χ0n) is 12.9. The number of ether oxygens (including phenoxy) is 3. The van der Waals surface area contributed by atoms with Crippen molar-refractivity contribution in [3.63, 3.8) is 0 Å². The summed E-state index contributed by atoms with van der Waals surface area (Å²) in [6.07, 6.45) is 9.49. The van der Waals surface area contributed by atoms with Crippen LogP contribution in [0.5, 0.6) is 0 Å². The second kappa shape index (κ2) is 13.5. The summed E-state index contributed by atoms with van der Waals surface area (Å²) in [6, 6.07) is 0. The van der Waals surface area contributed by atoms with Gasteiger partial charge in [-0.25, -0.2) is 0 Å². The summed E-state index contributed by atoms with van der Waals surface area (Å²) < 4.78 is 16.1. The quantitative estimate of drug-likeness (QED) is 0.394. The highest BCUT2D eigenvalue weighted by molar-refractivity contribution is 4.76. The fourth-order valence-corrected chi connectivity index (χ4v) is 1.09. The highest BCUT2D eigenvalue weighted by Crippen LogP contribution is 2.01. The Kier molecular flexibility index (Phi) is 12.8. The van der Waals surface area contributed by atoms with Gasteiger partial charge in [0.25, 0.3) is 0 Å². The second-order valence-corrected chi connectivity index (χ2v) is 4.97. The normalized spacial score (nSPS) is 14.9. The van der Waals surface area contributed by atoms with Crippen molar-refractivity contribution in [1.29, 1.82) is 0 Å². The van der Waals surface area contributed by atoms with Crippen molar-refractivity contribution in [2.75, 3.05) is 26.4 Å². The molecule has 3 nitrogen and oxygen atoms in total. The van der Waals surface area contributed by atoms with Gasteiger partial charge in [0.05, 0.1) is 39.0 Å². The first-order valence-electron chi connectivity index (χ1n) is 7.31. The summed E-state index contributed by atoms with van der Waals surface area (Å²) in [5, 5.41) is 0. The van der Waals surface area contributed by atoms with Crippen molar-refractivity contribution in [3.05, 3.63) is 24.7 Å². The molecule has 3 heteroatoms. The van der Waals surface area contributed by atoms with Crippen LogP contribution in [0.3, 0.4) is 0 Å². The van der Waals surface area contributed by atoms with Crippen molar-refractivity contribution >= 4 is 0 Å². The van der Waals surface area contributed by atoms with Crippen LogP contribution >= 0.6 is 0 Å². The first-order valence-corrected chi connectivity index (χ1v) is 7.31.